The van der Waals surface area contributed by atoms with Gasteiger partial charge in [0.2, 0.25) is 0 Å². The molecule has 1 N–H and O–H groups in total. The van der Waals surface area contributed by atoms with E-state index >= 15 is 0 Å². The average Bonchev–Trinajstić information content (AvgIpc) is 3.16. The van der Waals surface area contributed by atoms with Gasteiger partial charge in [-0.15, -0.1) is 5.10 Å². The Labute approximate surface area is 122 Å². The first-order chi connectivity index (χ1) is 10.2. The van der Waals surface area contributed by atoms with Crippen LogP contribution in [-0.4, -0.2) is 20.0 Å². The summed E-state index contributed by atoms with van der Waals surface area (Å²) >= 11 is 0. The van der Waals surface area contributed by atoms with Crippen molar-refractivity contribution in [3.05, 3.63) is 35.5 Å². The van der Waals surface area contributed by atoms with Crippen molar-refractivity contribution in [3.63, 3.8) is 0 Å². The third kappa shape index (κ3) is 2.67. The maximum absolute atomic E-state index is 5.61. The normalized spacial score (nSPS) is 11.0. The second kappa shape index (κ2) is 5.43. The lowest BCUT2D eigenvalue weighted by atomic mass is 10.2. The number of hydrogen-bond donors (Lipinski definition) is 1. The molecule has 0 aliphatic carbocycles. The van der Waals surface area contributed by atoms with Gasteiger partial charge in [0, 0.05) is 12.7 Å². The van der Waals surface area contributed by atoms with Crippen LogP contribution < -0.4 is 5.32 Å². The van der Waals surface area contributed by atoms with Crippen LogP contribution in [-0.2, 0) is 13.1 Å². The molecule has 7 nitrogen and oxygen atoms in total. The molecule has 3 aromatic rings. The van der Waals surface area contributed by atoms with E-state index in [9.17, 15) is 0 Å². The standard InChI is InChI=1S/C14H17N5O2/c1-4-19-11(5-6-16-19)8-15-14-18-17-13(21-14)12-7-9(2)20-10(12)3/h5-7H,4,8H2,1-3H3,(H,15,18). The van der Waals surface area contributed by atoms with E-state index < -0.39 is 0 Å². The molecule has 0 saturated heterocycles. The van der Waals surface area contributed by atoms with Crippen LogP contribution in [0.4, 0.5) is 6.01 Å². The number of hydrogen-bond acceptors (Lipinski definition) is 6. The van der Waals surface area contributed by atoms with Gasteiger partial charge in [0.05, 0.1) is 17.8 Å². The summed E-state index contributed by atoms with van der Waals surface area (Å²) in [6.45, 7) is 7.22. The third-order valence-electron chi connectivity index (χ3n) is 3.22. The van der Waals surface area contributed by atoms with Gasteiger partial charge in [-0.1, -0.05) is 5.10 Å². The molecule has 0 spiro atoms. The van der Waals surface area contributed by atoms with E-state index in [1.165, 1.54) is 0 Å². The molecule has 0 radical (unpaired) electrons. The zero-order chi connectivity index (χ0) is 14.8. The van der Waals surface area contributed by atoms with Crippen LogP contribution in [0, 0.1) is 13.8 Å². The average molecular weight is 287 g/mol. The van der Waals surface area contributed by atoms with Crippen molar-refractivity contribution in [1.82, 2.24) is 20.0 Å². The topological polar surface area (TPSA) is 81.9 Å². The molecule has 0 fully saturated rings. The van der Waals surface area contributed by atoms with E-state index in [1.807, 2.05) is 37.6 Å². The van der Waals surface area contributed by atoms with E-state index in [1.54, 1.807) is 6.20 Å². The Bertz CT molecular complexity index is 740. The Balaban J connectivity index is 1.72. The smallest absolute Gasteiger partial charge is 0.316 e. The number of nitrogens with zero attached hydrogens (tertiary/aromatic N) is 4. The van der Waals surface area contributed by atoms with Gasteiger partial charge in [-0.2, -0.15) is 5.10 Å². The zero-order valence-electron chi connectivity index (χ0n) is 12.3. The van der Waals surface area contributed by atoms with Gasteiger partial charge in [-0.25, -0.2) is 0 Å². The largest absolute Gasteiger partial charge is 0.466 e. The summed E-state index contributed by atoms with van der Waals surface area (Å²) in [5.41, 5.74) is 1.89. The molecule has 0 aliphatic rings. The highest BCUT2D eigenvalue weighted by Gasteiger charge is 2.14. The Kier molecular flexibility index (Phi) is 3.47. The number of rotatable bonds is 5. The Morgan fingerprint density at radius 1 is 1.24 bits per heavy atom. The predicted octanol–water partition coefficient (Wildman–Crippen LogP) is 2.77. The van der Waals surface area contributed by atoms with Crippen LogP contribution >= 0.6 is 0 Å². The fraction of sp³-hybridized carbons (Fsp3) is 0.357. The SMILES string of the molecule is CCn1nccc1CNc1nnc(-c2cc(C)oc2C)o1. The van der Waals surface area contributed by atoms with Crippen LogP contribution in [0.15, 0.2) is 27.2 Å². The lowest BCUT2D eigenvalue weighted by Crippen LogP contribution is -2.07. The van der Waals surface area contributed by atoms with E-state index in [2.05, 4.69) is 20.6 Å². The van der Waals surface area contributed by atoms with Gasteiger partial charge >= 0.3 is 6.01 Å². The van der Waals surface area contributed by atoms with Gasteiger partial charge < -0.3 is 14.2 Å². The molecule has 0 amide bonds. The zero-order valence-corrected chi connectivity index (χ0v) is 12.3. The Morgan fingerprint density at radius 3 is 2.81 bits per heavy atom. The maximum atomic E-state index is 5.61. The van der Waals surface area contributed by atoms with Gasteiger partial charge in [-0.05, 0) is 32.9 Å². The quantitative estimate of drug-likeness (QED) is 0.777. The second-order valence-electron chi connectivity index (χ2n) is 4.73. The maximum Gasteiger partial charge on any atom is 0.316 e. The van der Waals surface area contributed by atoms with Gasteiger partial charge in [0.1, 0.15) is 11.5 Å². The van der Waals surface area contributed by atoms with E-state index in [-0.39, 0.29) is 0 Å². The lowest BCUT2D eigenvalue weighted by molar-refractivity contribution is 0.503. The Morgan fingerprint density at radius 2 is 2.10 bits per heavy atom. The molecule has 0 atom stereocenters. The fourth-order valence-corrected chi connectivity index (χ4v) is 2.21. The van der Waals surface area contributed by atoms with Crippen molar-refractivity contribution in [2.24, 2.45) is 0 Å². The molecule has 0 bridgehead atoms. The summed E-state index contributed by atoms with van der Waals surface area (Å²) in [4.78, 5) is 0. The highest BCUT2D eigenvalue weighted by molar-refractivity contribution is 5.56. The van der Waals surface area contributed by atoms with Crippen LogP contribution in [0.5, 0.6) is 0 Å². The minimum absolute atomic E-state index is 0.382. The van der Waals surface area contributed by atoms with Crippen LogP contribution in [0.1, 0.15) is 24.1 Å². The van der Waals surface area contributed by atoms with Crippen molar-refractivity contribution in [3.8, 4) is 11.5 Å². The van der Waals surface area contributed by atoms with E-state index in [0.29, 0.717) is 18.5 Å². The number of aryl methyl sites for hydroxylation is 3. The summed E-state index contributed by atoms with van der Waals surface area (Å²) in [5.74, 6) is 2.05. The van der Waals surface area contributed by atoms with Crippen molar-refractivity contribution >= 4 is 6.01 Å². The van der Waals surface area contributed by atoms with Crippen molar-refractivity contribution in [1.29, 1.82) is 0 Å². The molecule has 7 heteroatoms. The van der Waals surface area contributed by atoms with E-state index in [4.69, 9.17) is 8.83 Å². The first-order valence-electron chi connectivity index (χ1n) is 6.83. The first-order valence-corrected chi connectivity index (χ1v) is 6.83. The van der Waals surface area contributed by atoms with E-state index in [0.717, 1.165) is 29.3 Å². The van der Waals surface area contributed by atoms with Gasteiger partial charge in [-0.3, -0.25) is 4.68 Å². The number of furan rings is 1. The Hall–Kier alpha value is -2.57. The van der Waals surface area contributed by atoms with Crippen molar-refractivity contribution in [2.45, 2.75) is 33.9 Å². The minimum Gasteiger partial charge on any atom is -0.466 e. The molecular weight excluding hydrogens is 270 g/mol. The van der Waals surface area contributed by atoms with Crippen LogP contribution in [0.3, 0.4) is 0 Å². The molecule has 0 unspecified atom stereocenters. The molecule has 3 aromatic heterocycles. The van der Waals surface area contributed by atoms with Crippen LogP contribution in [0.25, 0.3) is 11.5 Å². The summed E-state index contributed by atoms with van der Waals surface area (Å²) in [6, 6.07) is 4.22. The molecule has 3 heterocycles. The third-order valence-corrected chi connectivity index (χ3v) is 3.22. The highest BCUT2D eigenvalue weighted by atomic mass is 16.4. The van der Waals surface area contributed by atoms with Crippen molar-refractivity contribution < 1.29 is 8.83 Å². The number of anilines is 1. The molecule has 0 aliphatic heterocycles. The second-order valence-corrected chi connectivity index (χ2v) is 4.73. The predicted molar refractivity (Wildman–Crippen MR) is 76.7 cm³/mol. The monoisotopic (exact) mass is 287 g/mol. The first kappa shape index (κ1) is 13.4. The molecule has 0 aromatic carbocycles. The number of aromatic nitrogens is 4. The van der Waals surface area contributed by atoms with Gasteiger partial charge in [0.15, 0.2) is 0 Å². The lowest BCUT2D eigenvalue weighted by Gasteiger charge is -2.04. The molecule has 0 saturated carbocycles. The highest BCUT2D eigenvalue weighted by Crippen LogP contribution is 2.26. The van der Waals surface area contributed by atoms with Crippen molar-refractivity contribution in [2.75, 3.05) is 5.32 Å². The summed E-state index contributed by atoms with van der Waals surface area (Å²) in [6.07, 6.45) is 1.78. The minimum atomic E-state index is 0.382. The molecule has 21 heavy (non-hydrogen) atoms. The summed E-state index contributed by atoms with van der Waals surface area (Å²) in [5, 5.41) is 15.4. The summed E-state index contributed by atoms with van der Waals surface area (Å²) in [7, 11) is 0. The number of nitrogens with one attached hydrogen (secondary N) is 1. The summed E-state index contributed by atoms with van der Waals surface area (Å²) < 4.78 is 13.0. The fourth-order valence-electron chi connectivity index (χ4n) is 2.21. The molecular formula is C14H17N5O2. The van der Waals surface area contributed by atoms with Crippen LogP contribution in [0.2, 0.25) is 0 Å². The molecule has 110 valence electrons. The molecule has 3 rings (SSSR count). The van der Waals surface area contributed by atoms with Gasteiger partial charge in [0.25, 0.3) is 5.89 Å².